The molecule has 1 saturated carbocycles. The van der Waals surface area contributed by atoms with Gasteiger partial charge >= 0.3 is 0 Å². The summed E-state index contributed by atoms with van der Waals surface area (Å²) in [5.41, 5.74) is 0. The minimum atomic E-state index is 0.491. The van der Waals surface area contributed by atoms with Crippen molar-refractivity contribution in [3.63, 3.8) is 0 Å². The molecule has 1 aromatic rings. The number of anilines is 2. The van der Waals surface area contributed by atoms with E-state index in [1.165, 1.54) is 12.8 Å². The van der Waals surface area contributed by atoms with E-state index in [4.69, 9.17) is 23.2 Å². The molecule has 0 aromatic carbocycles. The molecule has 1 aliphatic carbocycles. The molecule has 0 aliphatic heterocycles. The predicted octanol–water partition coefficient (Wildman–Crippen LogP) is 4.42. The molecule has 18 heavy (non-hydrogen) atoms. The van der Waals surface area contributed by atoms with Crippen LogP contribution in [0.15, 0.2) is 6.07 Å². The van der Waals surface area contributed by atoms with Gasteiger partial charge in [0.15, 0.2) is 0 Å². The van der Waals surface area contributed by atoms with Crippen LogP contribution >= 0.6 is 23.2 Å². The summed E-state index contributed by atoms with van der Waals surface area (Å²) in [5.74, 6) is 2.24. The average Bonchev–Trinajstić information content (AvgIpc) is 2.28. The maximum absolute atomic E-state index is 6.16. The average molecular weight is 288 g/mol. The second kappa shape index (κ2) is 5.98. The van der Waals surface area contributed by atoms with Crippen LogP contribution in [-0.4, -0.2) is 17.6 Å². The van der Waals surface area contributed by atoms with Crippen molar-refractivity contribution < 1.29 is 0 Å². The zero-order valence-corrected chi connectivity index (χ0v) is 12.3. The molecule has 0 bridgehead atoms. The second-order valence-electron chi connectivity index (χ2n) is 4.99. The van der Waals surface area contributed by atoms with Gasteiger partial charge in [-0.15, -0.1) is 0 Å². The Morgan fingerprint density at radius 2 is 1.94 bits per heavy atom. The van der Waals surface area contributed by atoms with Crippen LogP contribution in [0, 0.1) is 5.92 Å². The molecule has 0 amide bonds. The highest BCUT2D eigenvalue weighted by atomic mass is 35.5. The van der Waals surface area contributed by atoms with Crippen molar-refractivity contribution in [2.45, 2.75) is 39.2 Å². The number of pyridine rings is 1. The number of hydrogen-bond acceptors (Lipinski definition) is 3. The third-order valence-electron chi connectivity index (χ3n) is 3.19. The van der Waals surface area contributed by atoms with Crippen molar-refractivity contribution in [1.82, 2.24) is 4.98 Å². The van der Waals surface area contributed by atoms with Crippen molar-refractivity contribution in [2.24, 2.45) is 5.92 Å². The number of aromatic nitrogens is 1. The summed E-state index contributed by atoms with van der Waals surface area (Å²) in [7, 11) is 0. The Morgan fingerprint density at radius 3 is 2.56 bits per heavy atom. The monoisotopic (exact) mass is 287 g/mol. The number of hydrogen-bond donors (Lipinski definition) is 2. The van der Waals surface area contributed by atoms with Gasteiger partial charge in [-0.1, -0.05) is 37.0 Å². The summed E-state index contributed by atoms with van der Waals surface area (Å²) in [6, 6.07) is 2.24. The highest BCUT2D eigenvalue weighted by Crippen LogP contribution is 2.34. The Hall–Kier alpha value is -0.670. The zero-order valence-electron chi connectivity index (χ0n) is 10.8. The fourth-order valence-electron chi connectivity index (χ4n) is 2.15. The molecular weight excluding hydrogens is 269 g/mol. The van der Waals surface area contributed by atoms with E-state index in [0.717, 1.165) is 24.7 Å². The summed E-state index contributed by atoms with van der Waals surface area (Å²) >= 11 is 12.3. The zero-order chi connectivity index (χ0) is 13.1. The van der Waals surface area contributed by atoms with Crippen LogP contribution in [0.3, 0.4) is 0 Å². The molecule has 2 N–H and O–H groups in total. The smallest absolute Gasteiger partial charge is 0.147 e. The molecule has 0 spiro atoms. The molecule has 2 rings (SSSR count). The molecule has 1 aromatic heterocycles. The van der Waals surface area contributed by atoms with Crippen LogP contribution in [0.4, 0.5) is 11.6 Å². The maximum Gasteiger partial charge on any atom is 0.147 e. The van der Waals surface area contributed by atoms with Crippen LogP contribution in [0.25, 0.3) is 0 Å². The van der Waals surface area contributed by atoms with E-state index in [0.29, 0.717) is 21.9 Å². The molecule has 1 fully saturated rings. The molecule has 1 aliphatic rings. The van der Waals surface area contributed by atoms with Crippen LogP contribution in [0.1, 0.15) is 33.1 Å². The van der Waals surface area contributed by atoms with Gasteiger partial charge in [-0.05, 0) is 31.2 Å². The lowest BCUT2D eigenvalue weighted by Crippen LogP contribution is -2.34. The minimum Gasteiger partial charge on any atom is -0.369 e. The van der Waals surface area contributed by atoms with Gasteiger partial charge in [-0.25, -0.2) is 4.98 Å². The second-order valence-corrected chi connectivity index (χ2v) is 5.81. The van der Waals surface area contributed by atoms with Gasteiger partial charge in [0.2, 0.25) is 0 Å². The van der Waals surface area contributed by atoms with Gasteiger partial charge in [-0.2, -0.15) is 0 Å². The van der Waals surface area contributed by atoms with Crippen LogP contribution in [0.2, 0.25) is 10.0 Å². The molecule has 0 atom stereocenters. The van der Waals surface area contributed by atoms with E-state index in [1.54, 1.807) is 6.07 Å². The molecule has 100 valence electrons. The molecule has 0 radical (unpaired) electrons. The van der Waals surface area contributed by atoms with Crippen molar-refractivity contribution in [2.75, 3.05) is 17.2 Å². The first kappa shape index (κ1) is 13.8. The van der Waals surface area contributed by atoms with Crippen LogP contribution < -0.4 is 10.6 Å². The Kier molecular flexibility index (Phi) is 4.57. The van der Waals surface area contributed by atoms with E-state index >= 15 is 0 Å². The third kappa shape index (κ3) is 3.21. The van der Waals surface area contributed by atoms with Gasteiger partial charge in [0, 0.05) is 12.6 Å². The van der Waals surface area contributed by atoms with Crippen LogP contribution in [-0.2, 0) is 0 Å². The Bertz CT molecular complexity index is 417. The van der Waals surface area contributed by atoms with E-state index in [2.05, 4.69) is 29.5 Å². The fraction of sp³-hybridized carbons (Fsp3) is 0.615. The lowest BCUT2D eigenvalue weighted by atomic mass is 9.82. The van der Waals surface area contributed by atoms with Crippen LogP contribution in [0.5, 0.6) is 0 Å². The largest absolute Gasteiger partial charge is 0.369 e. The maximum atomic E-state index is 6.16. The molecular formula is C13H19Cl2N3. The lowest BCUT2D eigenvalue weighted by Gasteiger charge is -2.34. The normalized spacial score (nSPS) is 22.4. The van der Waals surface area contributed by atoms with E-state index in [9.17, 15) is 0 Å². The molecule has 0 unspecified atom stereocenters. The number of nitrogens with zero attached hydrogens (tertiary/aromatic N) is 1. The van der Waals surface area contributed by atoms with Gasteiger partial charge in [0.1, 0.15) is 11.6 Å². The number of halogens is 2. The highest BCUT2D eigenvalue weighted by molar-refractivity contribution is 6.37. The van der Waals surface area contributed by atoms with Crippen molar-refractivity contribution >= 4 is 34.8 Å². The SMILES string of the molecule is CCCNc1nc(NC2CC(C)C2)c(Cl)cc1Cl. The first-order valence-corrected chi connectivity index (χ1v) is 7.22. The summed E-state index contributed by atoms with van der Waals surface area (Å²) in [6.45, 7) is 5.21. The summed E-state index contributed by atoms with van der Waals surface area (Å²) in [5, 5.41) is 7.74. The van der Waals surface area contributed by atoms with E-state index < -0.39 is 0 Å². The van der Waals surface area contributed by atoms with Crippen molar-refractivity contribution in [3.8, 4) is 0 Å². The van der Waals surface area contributed by atoms with Gasteiger partial charge in [-0.3, -0.25) is 0 Å². The molecule has 5 heteroatoms. The first-order valence-electron chi connectivity index (χ1n) is 6.46. The van der Waals surface area contributed by atoms with Gasteiger partial charge in [0.25, 0.3) is 0 Å². The summed E-state index contributed by atoms with van der Waals surface area (Å²) < 4.78 is 0. The first-order chi connectivity index (χ1) is 8.60. The number of nitrogens with one attached hydrogen (secondary N) is 2. The predicted molar refractivity (Wildman–Crippen MR) is 78.8 cm³/mol. The molecule has 0 saturated heterocycles. The molecule has 1 heterocycles. The van der Waals surface area contributed by atoms with E-state index in [-0.39, 0.29) is 0 Å². The highest BCUT2D eigenvalue weighted by Gasteiger charge is 2.26. The van der Waals surface area contributed by atoms with Gasteiger partial charge < -0.3 is 10.6 Å². The van der Waals surface area contributed by atoms with Crippen molar-refractivity contribution in [1.29, 1.82) is 0 Å². The lowest BCUT2D eigenvalue weighted by molar-refractivity contribution is 0.308. The number of rotatable bonds is 5. The van der Waals surface area contributed by atoms with E-state index in [1.807, 2.05) is 0 Å². The third-order valence-corrected chi connectivity index (χ3v) is 3.76. The Balaban J connectivity index is 2.08. The van der Waals surface area contributed by atoms with Gasteiger partial charge in [0.05, 0.1) is 10.0 Å². The minimum absolute atomic E-state index is 0.491. The summed E-state index contributed by atoms with van der Waals surface area (Å²) in [6.07, 6.45) is 3.39. The van der Waals surface area contributed by atoms with Crippen molar-refractivity contribution in [3.05, 3.63) is 16.1 Å². The standard InChI is InChI=1S/C13H19Cl2N3/c1-3-4-16-12-10(14)7-11(15)13(18-12)17-9-5-8(2)6-9/h7-9H,3-6H2,1-2H3,(H2,16,17,18). The topological polar surface area (TPSA) is 37.0 Å². The fourth-order valence-corrected chi connectivity index (χ4v) is 2.63. The quantitative estimate of drug-likeness (QED) is 0.842. The Morgan fingerprint density at radius 1 is 1.28 bits per heavy atom. The molecule has 3 nitrogen and oxygen atoms in total. The Labute approximate surface area is 118 Å². The summed E-state index contributed by atoms with van der Waals surface area (Å²) in [4.78, 5) is 4.47.